The maximum absolute atomic E-state index is 13.3. The second kappa shape index (κ2) is 10.4. The van der Waals surface area contributed by atoms with Crippen LogP contribution in [0.15, 0.2) is 54.6 Å². The molecule has 0 radical (unpaired) electrons. The van der Waals surface area contributed by atoms with Gasteiger partial charge < -0.3 is 9.47 Å². The molecule has 0 aliphatic carbocycles. The van der Waals surface area contributed by atoms with E-state index in [0.717, 1.165) is 38.3 Å². The third-order valence-electron chi connectivity index (χ3n) is 5.04. The van der Waals surface area contributed by atoms with Crippen molar-refractivity contribution in [2.24, 2.45) is 0 Å². The molecule has 0 aromatic heterocycles. The Morgan fingerprint density at radius 1 is 1.07 bits per heavy atom. The Kier molecular flexibility index (Phi) is 7.66. The Morgan fingerprint density at radius 3 is 2.59 bits per heavy atom. The summed E-state index contributed by atoms with van der Waals surface area (Å²) in [6.45, 7) is 5.26. The Labute approximate surface area is 162 Å². The lowest BCUT2D eigenvalue weighted by Gasteiger charge is -2.38. The average molecular weight is 371 g/mol. The first-order valence-electron chi connectivity index (χ1n) is 10.0. The number of para-hydroxylation sites is 1. The molecule has 0 amide bonds. The highest BCUT2D eigenvalue weighted by Crippen LogP contribution is 2.31. The van der Waals surface area contributed by atoms with Crippen molar-refractivity contribution in [2.75, 3.05) is 26.3 Å². The van der Waals surface area contributed by atoms with Crippen molar-refractivity contribution in [3.63, 3.8) is 0 Å². The molecule has 0 bridgehead atoms. The van der Waals surface area contributed by atoms with E-state index in [1.807, 2.05) is 42.5 Å². The van der Waals surface area contributed by atoms with Crippen LogP contribution >= 0.6 is 0 Å². The molecular weight excluding hydrogens is 341 g/mol. The van der Waals surface area contributed by atoms with Gasteiger partial charge in [0.1, 0.15) is 24.3 Å². The van der Waals surface area contributed by atoms with Crippen LogP contribution in [-0.2, 0) is 4.74 Å². The largest absolute Gasteiger partial charge is 0.491 e. The van der Waals surface area contributed by atoms with Crippen LogP contribution in [-0.4, -0.2) is 37.3 Å². The van der Waals surface area contributed by atoms with Crippen molar-refractivity contribution < 1.29 is 13.9 Å². The fraction of sp³-hybridized carbons (Fsp3) is 0.478. The van der Waals surface area contributed by atoms with Crippen LogP contribution in [0.25, 0.3) is 0 Å². The fourth-order valence-corrected chi connectivity index (χ4v) is 3.68. The molecule has 1 aliphatic heterocycles. The number of nitrogens with zero attached hydrogens (tertiary/aromatic N) is 1. The van der Waals surface area contributed by atoms with Gasteiger partial charge in [0.15, 0.2) is 0 Å². The molecule has 2 aromatic carbocycles. The molecule has 1 saturated heterocycles. The van der Waals surface area contributed by atoms with E-state index in [1.54, 1.807) is 12.1 Å². The molecule has 1 fully saturated rings. The minimum atomic E-state index is -0.179. The Bertz CT molecular complexity index is 662. The van der Waals surface area contributed by atoms with Gasteiger partial charge in [0.25, 0.3) is 0 Å². The molecule has 3 nitrogen and oxygen atoms in total. The zero-order valence-electron chi connectivity index (χ0n) is 16.1. The number of rotatable bonds is 9. The summed E-state index contributed by atoms with van der Waals surface area (Å²) in [5.74, 6) is 0.692. The Hall–Kier alpha value is -1.91. The summed E-state index contributed by atoms with van der Waals surface area (Å²) in [6.07, 6.45) is 4.51. The molecule has 0 N–H and O–H groups in total. The molecule has 2 atom stereocenters. The molecule has 1 heterocycles. The van der Waals surface area contributed by atoms with Crippen LogP contribution < -0.4 is 4.74 Å². The van der Waals surface area contributed by atoms with E-state index in [4.69, 9.17) is 9.47 Å². The molecule has 1 aliphatic rings. The summed E-state index contributed by atoms with van der Waals surface area (Å²) >= 11 is 0. The lowest BCUT2D eigenvalue weighted by atomic mass is 9.95. The van der Waals surface area contributed by atoms with E-state index in [0.29, 0.717) is 12.6 Å². The fourth-order valence-electron chi connectivity index (χ4n) is 3.68. The molecule has 2 unspecified atom stereocenters. The van der Waals surface area contributed by atoms with Crippen LogP contribution in [0.1, 0.15) is 44.2 Å². The van der Waals surface area contributed by atoms with Gasteiger partial charge in [-0.2, -0.15) is 0 Å². The topological polar surface area (TPSA) is 21.7 Å². The number of piperidine rings is 1. The van der Waals surface area contributed by atoms with E-state index >= 15 is 0 Å². The van der Waals surface area contributed by atoms with E-state index in [9.17, 15) is 4.39 Å². The SMILES string of the molecule is CCCOC(COc1ccccc1)CN1CCCCC1c1ccc(F)cc1. The first-order valence-corrected chi connectivity index (χ1v) is 10.0. The van der Waals surface area contributed by atoms with Gasteiger partial charge in [-0.25, -0.2) is 4.39 Å². The van der Waals surface area contributed by atoms with Gasteiger partial charge in [-0.3, -0.25) is 4.90 Å². The van der Waals surface area contributed by atoms with Gasteiger partial charge in [0, 0.05) is 19.2 Å². The first-order chi connectivity index (χ1) is 13.3. The Balaban J connectivity index is 1.65. The first kappa shape index (κ1) is 19.8. The Morgan fingerprint density at radius 2 is 1.85 bits per heavy atom. The maximum atomic E-state index is 13.3. The van der Waals surface area contributed by atoms with Crippen molar-refractivity contribution in [2.45, 2.75) is 44.8 Å². The van der Waals surface area contributed by atoms with Crippen molar-refractivity contribution >= 4 is 0 Å². The molecule has 3 rings (SSSR count). The highest BCUT2D eigenvalue weighted by atomic mass is 19.1. The standard InChI is InChI=1S/C23H30FNO2/c1-2-16-26-22(18-27-21-8-4-3-5-9-21)17-25-15-7-6-10-23(25)19-11-13-20(24)14-12-19/h3-5,8-9,11-14,22-23H,2,6-7,10,15-18H2,1H3. The van der Waals surface area contributed by atoms with Gasteiger partial charge in [-0.05, 0) is 55.6 Å². The zero-order chi connectivity index (χ0) is 18.9. The molecule has 2 aromatic rings. The summed E-state index contributed by atoms with van der Waals surface area (Å²) in [5.41, 5.74) is 1.19. The van der Waals surface area contributed by atoms with Crippen LogP contribution in [0.3, 0.4) is 0 Å². The molecule has 146 valence electrons. The third-order valence-corrected chi connectivity index (χ3v) is 5.04. The minimum absolute atomic E-state index is 0.0196. The third kappa shape index (κ3) is 6.05. The predicted octanol–water partition coefficient (Wildman–Crippen LogP) is 5.23. The smallest absolute Gasteiger partial charge is 0.123 e. The maximum Gasteiger partial charge on any atom is 0.123 e. The molecule has 4 heteroatoms. The number of halogens is 1. The summed E-state index contributed by atoms with van der Waals surface area (Å²) < 4.78 is 25.4. The summed E-state index contributed by atoms with van der Waals surface area (Å²) in [5, 5.41) is 0. The van der Waals surface area contributed by atoms with E-state index < -0.39 is 0 Å². The summed E-state index contributed by atoms with van der Waals surface area (Å²) in [6, 6.07) is 17.2. The predicted molar refractivity (Wildman–Crippen MR) is 107 cm³/mol. The summed E-state index contributed by atoms with van der Waals surface area (Å²) in [4.78, 5) is 2.48. The van der Waals surface area contributed by atoms with Crippen LogP contribution in [0.5, 0.6) is 5.75 Å². The number of hydrogen-bond donors (Lipinski definition) is 0. The minimum Gasteiger partial charge on any atom is -0.491 e. The van der Waals surface area contributed by atoms with Crippen molar-refractivity contribution in [1.82, 2.24) is 4.90 Å². The van der Waals surface area contributed by atoms with E-state index in [2.05, 4.69) is 11.8 Å². The van der Waals surface area contributed by atoms with Crippen molar-refractivity contribution in [1.29, 1.82) is 0 Å². The highest BCUT2D eigenvalue weighted by Gasteiger charge is 2.27. The molecule has 27 heavy (non-hydrogen) atoms. The van der Waals surface area contributed by atoms with Crippen molar-refractivity contribution in [3.05, 3.63) is 66.0 Å². The highest BCUT2D eigenvalue weighted by molar-refractivity contribution is 5.21. The van der Waals surface area contributed by atoms with Gasteiger partial charge in [-0.15, -0.1) is 0 Å². The number of ether oxygens (including phenoxy) is 2. The van der Waals surface area contributed by atoms with Crippen LogP contribution in [0.4, 0.5) is 4.39 Å². The van der Waals surface area contributed by atoms with Gasteiger partial charge >= 0.3 is 0 Å². The van der Waals surface area contributed by atoms with Gasteiger partial charge in [0.05, 0.1) is 0 Å². The lowest BCUT2D eigenvalue weighted by Crippen LogP contribution is -2.42. The second-order valence-corrected chi connectivity index (χ2v) is 7.17. The number of likely N-dealkylation sites (tertiary alicyclic amines) is 1. The molecular formula is C23H30FNO2. The quantitative estimate of drug-likeness (QED) is 0.603. The van der Waals surface area contributed by atoms with Gasteiger partial charge in [-0.1, -0.05) is 43.7 Å². The van der Waals surface area contributed by atoms with Crippen LogP contribution in [0, 0.1) is 5.82 Å². The van der Waals surface area contributed by atoms with E-state index in [-0.39, 0.29) is 11.9 Å². The summed E-state index contributed by atoms with van der Waals surface area (Å²) in [7, 11) is 0. The van der Waals surface area contributed by atoms with Crippen LogP contribution in [0.2, 0.25) is 0 Å². The number of hydrogen-bond acceptors (Lipinski definition) is 3. The monoisotopic (exact) mass is 371 g/mol. The second-order valence-electron chi connectivity index (χ2n) is 7.17. The number of benzene rings is 2. The normalized spacial score (nSPS) is 19.0. The average Bonchev–Trinajstić information content (AvgIpc) is 2.72. The lowest BCUT2D eigenvalue weighted by molar-refractivity contribution is -0.0161. The van der Waals surface area contributed by atoms with E-state index in [1.165, 1.54) is 18.4 Å². The van der Waals surface area contributed by atoms with Gasteiger partial charge in [0.2, 0.25) is 0 Å². The molecule has 0 saturated carbocycles. The van der Waals surface area contributed by atoms with Crippen molar-refractivity contribution in [3.8, 4) is 5.75 Å². The zero-order valence-corrected chi connectivity index (χ0v) is 16.1. The molecule has 0 spiro atoms.